The Labute approximate surface area is 172 Å². The summed E-state index contributed by atoms with van der Waals surface area (Å²) in [5.74, 6) is 0.857. The van der Waals surface area contributed by atoms with E-state index < -0.39 is 0 Å². The van der Waals surface area contributed by atoms with Crippen LogP contribution in [0, 0.1) is 0 Å². The maximum atomic E-state index is 12.4. The van der Waals surface area contributed by atoms with E-state index in [0.717, 1.165) is 24.5 Å². The zero-order chi connectivity index (χ0) is 18.9. The number of hydrogen-bond donors (Lipinski definition) is 0. The summed E-state index contributed by atoms with van der Waals surface area (Å²) in [5, 5.41) is 1.93. The van der Waals surface area contributed by atoms with E-state index in [-0.39, 0.29) is 5.91 Å². The van der Waals surface area contributed by atoms with Gasteiger partial charge in [-0.05, 0) is 64.2 Å². The van der Waals surface area contributed by atoms with Crippen molar-refractivity contribution in [3.05, 3.63) is 29.3 Å². The molecule has 2 rings (SSSR count). The van der Waals surface area contributed by atoms with Gasteiger partial charge in [0.1, 0.15) is 0 Å². The normalized spacial score (nSPS) is 20.3. The van der Waals surface area contributed by atoms with E-state index in [0.29, 0.717) is 16.3 Å². The Bertz CT molecular complexity index is 553. The van der Waals surface area contributed by atoms with E-state index in [4.69, 9.17) is 11.6 Å². The first-order chi connectivity index (χ1) is 12.5. The molecule has 0 heterocycles. The summed E-state index contributed by atoms with van der Waals surface area (Å²) in [6.07, 6.45) is 6.05. The monoisotopic (exact) mass is 414 g/mol. The predicted octanol–water partition coefficient (Wildman–Crippen LogP) is 4.89. The van der Waals surface area contributed by atoms with Gasteiger partial charge in [-0.2, -0.15) is 0 Å². The molecule has 0 saturated heterocycles. The first-order valence-corrected chi connectivity index (χ1v) is 11.7. The Morgan fingerprint density at radius 3 is 2.38 bits per heavy atom. The van der Waals surface area contributed by atoms with Gasteiger partial charge in [0.2, 0.25) is 5.91 Å². The summed E-state index contributed by atoms with van der Waals surface area (Å²) < 4.78 is 0. The molecule has 1 fully saturated rings. The molecule has 1 aliphatic carbocycles. The van der Waals surface area contributed by atoms with E-state index in [9.17, 15) is 4.79 Å². The van der Waals surface area contributed by atoms with Crippen LogP contribution in [0.4, 0.5) is 0 Å². The van der Waals surface area contributed by atoms with E-state index in [1.807, 2.05) is 47.6 Å². The van der Waals surface area contributed by atoms with Crippen LogP contribution in [0.1, 0.15) is 32.1 Å². The second-order valence-electron chi connectivity index (χ2n) is 7.22. The Morgan fingerprint density at radius 1 is 1.08 bits per heavy atom. The summed E-state index contributed by atoms with van der Waals surface area (Å²) >= 11 is 9.80. The number of carbonyl (C=O) groups excluding carboxylic acids is 1. The number of thioether (sulfide) groups is 2. The highest BCUT2D eigenvalue weighted by molar-refractivity contribution is 8.04. The lowest BCUT2D eigenvalue weighted by molar-refractivity contribution is -0.127. The minimum absolute atomic E-state index is 0.259. The summed E-state index contributed by atoms with van der Waals surface area (Å²) in [6, 6.07) is 8.13. The van der Waals surface area contributed by atoms with Crippen molar-refractivity contribution in [2.75, 3.05) is 40.0 Å². The van der Waals surface area contributed by atoms with E-state index in [2.05, 4.69) is 31.1 Å². The lowest BCUT2D eigenvalue weighted by atomic mass is 10.00. The molecule has 3 nitrogen and oxygen atoms in total. The highest BCUT2D eigenvalue weighted by Gasteiger charge is 2.27. The Morgan fingerprint density at radius 2 is 1.73 bits per heavy atom. The molecule has 146 valence electrons. The average molecular weight is 415 g/mol. The summed E-state index contributed by atoms with van der Waals surface area (Å²) in [7, 11) is 6.07. The molecule has 26 heavy (non-hydrogen) atoms. The standard InChI is InChI=1S/C20H31ClN2OS2/c1-22(2)13-6-14-23(3)20(24)15-25-18-7-4-5-8-19(18)26-17-11-9-16(21)10-12-17/h9-12,18-19H,4-8,13-15H2,1-3H3. The molecule has 1 aliphatic rings. The van der Waals surface area contributed by atoms with E-state index >= 15 is 0 Å². The van der Waals surface area contributed by atoms with Gasteiger partial charge in [-0.1, -0.05) is 24.4 Å². The highest BCUT2D eigenvalue weighted by atomic mass is 35.5. The number of rotatable bonds is 9. The molecule has 1 amide bonds. The van der Waals surface area contributed by atoms with Gasteiger partial charge in [0, 0.05) is 34.0 Å². The topological polar surface area (TPSA) is 23.6 Å². The molecule has 1 aromatic rings. The van der Waals surface area contributed by atoms with Gasteiger partial charge in [-0.25, -0.2) is 0 Å². The molecule has 0 spiro atoms. The zero-order valence-corrected chi connectivity index (χ0v) is 18.5. The SMILES string of the molecule is CN(C)CCCN(C)C(=O)CSC1CCCCC1Sc1ccc(Cl)cc1. The molecular weight excluding hydrogens is 384 g/mol. The molecule has 1 saturated carbocycles. The number of halogens is 1. The Hall–Kier alpha value is -0.360. The average Bonchev–Trinajstić information content (AvgIpc) is 2.62. The Kier molecular flexibility index (Phi) is 9.68. The molecular formula is C20H31ClN2OS2. The lowest BCUT2D eigenvalue weighted by Crippen LogP contribution is -2.33. The van der Waals surface area contributed by atoms with Gasteiger partial charge in [-0.3, -0.25) is 4.79 Å². The fourth-order valence-corrected chi connectivity index (χ4v) is 6.12. The van der Waals surface area contributed by atoms with Crippen LogP contribution in [-0.2, 0) is 4.79 Å². The van der Waals surface area contributed by atoms with Gasteiger partial charge in [0.15, 0.2) is 0 Å². The highest BCUT2D eigenvalue weighted by Crippen LogP contribution is 2.39. The quantitative estimate of drug-likeness (QED) is 0.574. The van der Waals surface area contributed by atoms with Crippen molar-refractivity contribution in [1.82, 2.24) is 9.80 Å². The van der Waals surface area contributed by atoms with Crippen LogP contribution in [0.25, 0.3) is 0 Å². The van der Waals surface area contributed by atoms with Gasteiger partial charge >= 0.3 is 0 Å². The smallest absolute Gasteiger partial charge is 0.232 e. The van der Waals surface area contributed by atoms with Crippen molar-refractivity contribution >= 4 is 41.0 Å². The van der Waals surface area contributed by atoms with Crippen molar-refractivity contribution in [3.8, 4) is 0 Å². The van der Waals surface area contributed by atoms with Crippen molar-refractivity contribution in [2.24, 2.45) is 0 Å². The van der Waals surface area contributed by atoms with Crippen LogP contribution in [0.2, 0.25) is 5.02 Å². The summed E-state index contributed by atoms with van der Waals surface area (Å²) in [5.41, 5.74) is 0. The van der Waals surface area contributed by atoms with Crippen molar-refractivity contribution in [3.63, 3.8) is 0 Å². The fourth-order valence-electron chi connectivity index (χ4n) is 3.11. The Balaban J connectivity index is 1.79. The maximum Gasteiger partial charge on any atom is 0.232 e. The molecule has 0 N–H and O–H groups in total. The number of nitrogens with zero attached hydrogens (tertiary/aromatic N) is 2. The van der Waals surface area contributed by atoms with Gasteiger partial charge < -0.3 is 9.80 Å². The fraction of sp³-hybridized carbons (Fsp3) is 0.650. The third-order valence-corrected chi connectivity index (χ3v) is 7.93. The van der Waals surface area contributed by atoms with E-state index in [1.54, 1.807) is 0 Å². The van der Waals surface area contributed by atoms with Gasteiger partial charge in [0.25, 0.3) is 0 Å². The second kappa shape index (κ2) is 11.5. The van der Waals surface area contributed by atoms with Crippen molar-refractivity contribution in [1.29, 1.82) is 0 Å². The van der Waals surface area contributed by atoms with E-state index in [1.165, 1.54) is 30.6 Å². The summed E-state index contributed by atoms with van der Waals surface area (Å²) in [4.78, 5) is 17.8. The molecule has 0 aromatic heterocycles. The second-order valence-corrected chi connectivity index (χ2v) is 10.2. The van der Waals surface area contributed by atoms with Crippen molar-refractivity contribution < 1.29 is 4.79 Å². The largest absolute Gasteiger partial charge is 0.345 e. The number of amides is 1. The number of hydrogen-bond acceptors (Lipinski definition) is 4. The number of benzene rings is 1. The molecule has 0 radical (unpaired) electrons. The van der Waals surface area contributed by atoms with Crippen LogP contribution in [0.5, 0.6) is 0 Å². The third kappa shape index (κ3) is 7.71. The number of carbonyl (C=O) groups is 1. The molecule has 6 heteroatoms. The molecule has 1 aromatic carbocycles. The third-order valence-electron chi connectivity index (χ3n) is 4.69. The lowest BCUT2D eigenvalue weighted by Gasteiger charge is -2.31. The van der Waals surface area contributed by atoms with Crippen LogP contribution < -0.4 is 0 Å². The minimum Gasteiger partial charge on any atom is -0.345 e. The van der Waals surface area contributed by atoms with Crippen LogP contribution in [0.3, 0.4) is 0 Å². The summed E-state index contributed by atoms with van der Waals surface area (Å²) in [6.45, 7) is 1.86. The van der Waals surface area contributed by atoms with Crippen LogP contribution >= 0.6 is 35.1 Å². The molecule has 0 aliphatic heterocycles. The first kappa shape index (κ1) is 21.9. The van der Waals surface area contributed by atoms with Gasteiger partial charge in [0.05, 0.1) is 5.75 Å². The van der Waals surface area contributed by atoms with Crippen LogP contribution in [-0.4, -0.2) is 66.2 Å². The molecule has 2 unspecified atom stereocenters. The minimum atomic E-state index is 0.259. The zero-order valence-electron chi connectivity index (χ0n) is 16.1. The van der Waals surface area contributed by atoms with Crippen LogP contribution in [0.15, 0.2) is 29.2 Å². The van der Waals surface area contributed by atoms with Gasteiger partial charge in [-0.15, -0.1) is 23.5 Å². The van der Waals surface area contributed by atoms with Crippen molar-refractivity contribution in [2.45, 2.75) is 47.5 Å². The molecule has 2 atom stereocenters. The molecule has 0 bridgehead atoms. The maximum absolute atomic E-state index is 12.4. The first-order valence-electron chi connectivity index (χ1n) is 9.38. The predicted molar refractivity (Wildman–Crippen MR) is 117 cm³/mol.